The third-order valence-corrected chi connectivity index (χ3v) is 5.12. The van der Waals surface area contributed by atoms with E-state index in [0.29, 0.717) is 33.1 Å². The molecular weight excluding hydrogens is 401 g/mol. The van der Waals surface area contributed by atoms with Crippen LogP contribution in [0.3, 0.4) is 0 Å². The molecule has 0 aliphatic rings. The van der Waals surface area contributed by atoms with E-state index < -0.39 is 0 Å². The summed E-state index contributed by atoms with van der Waals surface area (Å²) in [5.74, 6) is 0.580. The molecule has 140 valence electrons. The second-order valence-electron chi connectivity index (χ2n) is 6.17. The fourth-order valence-electron chi connectivity index (χ4n) is 2.51. The molecule has 0 radical (unpaired) electrons. The highest BCUT2D eigenvalue weighted by molar-refractivity contribution is 7.16. The monoisotopic (exact) mass is 419 g/mol. The number of hydrogen-bond donors (Lipinski definition) is 2. The van der Waals surface area contributed by atoms with Crippen LogP contribution in [0.25, 0.3) is 11.3 Å². The number of nitrogens with two attached hydrogens (primary N) is 1. The molecule has 0 saturated carbocycles. The molecule has 0 bridgehead atoms. The molecule has 2 heterocycles. The van der Waals surface area contributed by atoms with Gasteiger partial charge in [-0.05, 0) is 44.2 Å². The Morgan fingerprint density at radius 3 is 2.67 bits per heavy atom. The Bertz CT molecular complexity index is 954. The van der Waals surface area contributed by atoms with E-state index >= 15 is 0 Å². The molecule has 0 fully saturated rings. The van der Waals surface area contributed by atoms with Crippen LogP contribution in [0.15, 0.2) is 47.7 Å². The van der Waals surface area contributed by atoms with Gasteiger partial charge in [0.25, 0.3) is 0 Å². The van der Waals surface area contributed by atoms with Gasteiger partial charge in [-0.25, -0.2) is 4.98 Å². The van der Waals surface area contributed by atoms with Crippen molar-refractivity contribution in [3.05, 3.63) is 57.6 Å². The number of thiazole rings is 1. The quantitative estimate of drug-likeness (QED) is 0.404. The number of halogens is 2. The van der Waals surface area contributed by atoms with Crippen LogP contribution in [0.4, 0.5) is 10.8 Å². The number of aliphatic imine (C=N–C) groups is 1. The molecule has 0 aliphatic heterocycles. The second-order valence-corrected chi connectivity index (χ2v) is 8.09. The molecule has 0 atom stereocenters. The van der Waals surface area contributed by atoms with Gasteiger partial charge in [-0.2, -0.15) is 0 Å². The Hall–Kier alpha value is -2.15. The van der Waals surface area contributed by atoms with E-state index in [-0.39, 0.29) is 6.04 Å². The summed E-state index contributed by atoms with van der Waals surface area (Å²) in [5.41, 5.74) is 8.64. The van der Waals surface area contributed by atoms with Gasteiger partial charge in [0.2, 0.25) is 0 Å². The Labute approximate surface area is 172 Å². The average Bonchev–Trinajstić information content (AvgIpc) is 3.00. The molecular formula is C19H19Cl2N5S. The van der Waals surface area contributed by atoms with Crippen molar-refractivity contribution in [3.8, 4) is 11.3 Å². The lowest BCUT2D eigenvalue weighted by Crippen LogP contribution is -2.17. The average molecular weight is 420 g/mol. The summed E-state index contributed by atoms with van der Waals surface area (Å²) in [5, 5.41) is 5.13. The zero-order valence-electron chi connectivity index (χ0n) is 14.9. The number of aromatic nitrogens is 2. The molecule has 0 spiro atoms. The third-order valence-electron chi connectivity index (χ3n) is 3.59. The van der Waals surface area contributed by atoms with Gasteiger partial charge in [0, 0.05) is 40.3 Å². The van der Waals surface area contributed by atoms with Crippen LogP contribution in [0.2, 0.25) is 10.0 Å². The van der Waals surface area contributed by atoms with Gasteiger partial charge in [-0.1, -0.05) is 23.2 Å². The number of nitrogens with zero attached hydrogens (tertiary/aromatic N) is 3. The fourth-order valence-corrected chi connectivity index (χ4v) is 3.86. The van der Waals surface area contributed by atoms with E-state index in [0.717, 1.165) is 16.1 Å². The molecule has 0 aliphatic carbocycles. The third kappa shape index (κ3) is 5.19. The molecule has 27 heavy (non-hydrogen) atoms. The van der Waals surface area contributed by atoms with Gasteiger partial charge in [0.05, 0.1) is 22.2 Å². The lowest BCUT2D eigenvalue weighted by molar-refractivity contribution is 0.830. The van der Waals surface area contributed by atoms with Gasteiger partial charge < -0.3 is 11.1 Å². The maximum absolute atomic E-state index is 6.26. The number of anilines is 2. The van der Waals surface area contributed by atoms with Crippen molar-refractivity contribution in [1.29, 1.82) is 0 Å². The van der Waals surface area contributed by atoms with Gasteiger partial charge in [-0.15, -0.1) is 11.3 Å². The molecule has 8 heteroatoms. The molecule has 3 aromatic rings. The van der Waals surface area contributed by atoms with Gasteiger partial charge in [-0.3, -0.25) is 9.98 Å². The first-order valence-corrected chi connectivity index (χ1v) is 9.94. The zero-order valence-corrected chi connectivity index (χ0v) is 17.2. The number of nitrogens with one attached hydrogen (secondary N) is 1. The minimum atomic E-state index is 0.144. The fraction of sp³-hybridized carbons (Fsp3) is 0.211. The van der Waals surface area contributed by atoms with E-state index in [9.17, 15) is 0 Å². The van der Waals surface area contributed by atoms with E-state index in [4.69, 9.17) is 33.9 Å². The Balaban J connectivity index is 1.97. The Morgan fingerprint density at radius 1 is 1.22 bits per heavy atom. The Kier molecular flexibility index (Phi) is 6.31. The van der Waals surface area contributed by atoms with E-state index in [2.05, 4.69) is 15.3 Å². The molecule has 3 N–H and O–H groups in total. The van der Waals surface area contributed by atoms with Crippen LogP contribution in [0.1, 0.15) is 18.7 Å². The van der Waals surface area contributed by atoms with Gasteiger partial charge in [0.15, 0.2) is 5.13 Å². The summed E-state index contributed by atoms with van der Waals surface area (Å²) in [6, 6.07) is 9.25. The SMILES string of the molecule is CC(C)N=C(N)Cc1sc(Nc2cc(Cl)ccc2Cl)nc1-c1ccncc1. The van der Waals surface area contributed by atoms with Crippen molar-refractivity contribution in [2.24, 2.45) is 10.7 Å². The summed E-state index contributed by atoms with van der Waals surface area (Å²) in [7, 11) is 0. The molecule has 2 aromatic heterocycles. The summed E-state index contributed by atoms with van der Waals surface area (Å²) in [6.07, 6.45) is 4.01. The summed E-state index contributed by atoms with van der Waals surface area (Å²) >= 11 is 13.9. The van der Waals surface area contributed by atoms with Crippen molar-refractivity contribution >= 4 is 51.2 Å². The minimum Gasteiger partial charge on any atom is -0.387 e. The number of rotatable bonds is 6. The van der Waals surface area contributed by atoms with Crippen LogP contribution in [-0.4, -0.2) is 21.8 Å². The highest BCUT2D eigenvalue weighted by atomic mass is 35.5. The minimum absolute atomic E-state index is 0.144. The highest BCUT2D eigenvalue weighted by Gasteiger charge is 2.15. The largest absolute Gasteiger partial charge is 0.387 e. The first-order valence-electron chi connectivity index (χ1n) is 8.36. The van der Waals surface area contributed by atoms with Crippen LogP contribution in [0, 0.1) is 0 Å². The van der Waals surface area contributed by atoms with Gasteiger partial charge >= 0.3 is 0 Å². The summed E-state index contributed by atoms with van der Waals surface area (Å²) < 4.78 is 0. The Morgan fingerprint density at radius 2 is 1.96 bits per heavy atom. The zero-order chi connectivity index (χ0) is 19.4. The van der Waals surface area contributed by atoms with E-state index in [1.807, 2.05) is 26.0 Å². The number of benzene rings is 1. The van der Waals surface area contributed by atoms with Crippen molar-refractivity contribution < 1.29 is 0 Å². The lowest BCUT2D eigenvalue weighted by atomic mass is 10.1. The molecule has 1 aromatic carbocycles. The first kappa shape index (κ1) is 19.6. The highest BCUT2D eigenvalue weighted by Crippen LogP contribution is 2.35. The van der Waals surface area contributed by atoms with Crippen LogP contribution < -0.4 is 11.1 Å². The molecule has 0 unspecified atom stereocenters. The number of pyridine rings is 1. The predicted octanol–water partition coefficient (Wildman–Crippen LogP) is 5.56. The van der Waals surface area contributed by atoms with Crippen LogP contribution in [-0.2, 0) is 6.42 Å². The van der Waals surface area contributed by atoms with Crippen molar-refractivity contribution in [2.45, 2.75) is 26.3 Å². The molecule has 0 amide bonds. The van der Waals surface area contributed by atoms with Crippen molar-refractivity contribution in [3.63, 3.8) is 0 Å². The maximum Gasteiger partial charge on any atom is 0.188 e. The lowest BCUT2D eigenvalue weighted by Gasteiger charge is -2.05. The first-order chi connectivity index (χ1) is 12.9. The standard InChI is InChI=1S/C19H19Cl2N5S/c1-11(2)24-17(22)10-16-18(12-5-7-23-8-6-12)26-19(27-16)25-15-9-13(20)3-4-14(15)21/h3-9,11H,10H2,1-2H3,(H2,22,24)(H,25,26). The molecule has 0 saturated heterocycles. The van der Waals surface area contributed by atoms with E-state index in [1.54, 1.807) is 30.6 Å². The number of hydrogen-bond acceptors (Lipinski definition) is 5. The van der Waals surface area contributed by atoms with Crippen LogP contribution in [0.5, 0.6) is 0 Å². The van der Waals surface area contributed by atoms with E-state index in [1.165, 1.54) is 11.3 Å². The summed E-state index contributed by atoms with van der Waals surface area (Å²) in [6.45, 7) is 3.99. The topological polar surface area (TPSA) is 76.2 Å². The predicted molar refractivity (Wildman–Crippen MR) is 116 cm³/mol. The van der Waals surface area contributed by atoms with Gasteiger partial charge in [0.1, 0.15) is 0 Å². The number of amidine groups is 1. The maximum atomic E-state index is 6.26. The molecule has 3 rings (SSSR count). The summed E-state index contributed by atoms with van der Waals surface area (Å²) in [4.78, 5) is 14.3. The second kappa shape index (κ2) is 8.69. The smallest absolute Gasteiger partial charge is 0.188 e. The molecule has 5 nitrogen and oxygen atoms in total. The van der Waals surface area contributed by atoms with Crippen molar-refractivity contribution in [1.82, 2.24) is 9.97 Å². The van der Waals surface area contributed by atoms with Crippen LogP contribution >= 0.6 is 34.5 Å². The van der Waals surface area contributed by atoms with Crippen molar-refractivity contribution in [2.75, 3.05) is 5.32 Å². The normalized spacial score (nSPS) is 11.8.